The molecule has 0 fully saturated rings. The molecule has 1 aromatic carbocycles. The number of hydrogen-bond acceptors (Lipinski definition) is 6. The van der Waals surface area contributed by atoms with Crippen LogP contribution in [0.15, 0.2) is 45.9 Å². The van der Waals surface area contributed by atoms with Crippen LogP contribution in [0.1, 0.15) is 17.7 Å². The van der Waals surface area contributed by atoms with Gasteiger partial charge in [0.15, 0.2) is 0 Å². The van der Waals surface area contributed by atoms with Crippen LogP contribution in [-0.4, -0.2) is 39.4 Å². The molecule has 0 atom stereocenters. The standard InChI is InChI=1S/C17H21NO6S/c1-13-4-6-14(7-5-13)22-11-10-16(19)23-12-15-8-9-17(24-15)25(20,21)18(2)3/h4-9H,10-12H2,1-3H3. The predicted octanol–water partition coefficient (Wildman–Crippen LogP) is 2.35. The zero-order valence-corrected chi connectivity index (χ0v) is 15.2. The third-order valence-corrected chi connectivity index (χ3v) is 5.03. The van der Waals surface area contributed by atoms with Gasteiger partial charge in [0.25, 0.3) is 10.0 Å². The van der Waals surface area contributed by atoms with Crippen LogP contribution in [0.25, 0.3) is 0 Å². The van der Waals surface area contributed by atoms with Gasteiger partial charge in [-0.2, -0.15) is 0 Å². The lowest BCUT2D eigenvalue weighted by Crippen LogP contribution is -2.21. The summed E-state index contributed by atoms with van der Waals surface area (Å²) in [7, 11) is -0.820. The number of carbonyl (C=O) groups is 1. The smallest absolute Gasteiger partial charge is 0.309 e. The van der Waals surface area contributed by atoms with E-state index >= 15 is 0 Å². The maximum Gasteiger partial charge on any atom is 0.309 e. The van der Waals surface area contributed by atoms with E-state index in [-0.39, 0.29) is 30.5 Å². The highest BCUT2D eigenvalue weighted by molar-refractivity contribution is 7.88. The van der Waals surface area contributed by atoms with Crippen LogP contribution >= 0.6 is 0 Å². The van der Waals surface area contributed by atoms with Crippen LogP contribution in [0, 0.1) is 6.92 Å². The van der Waals surface area contributed by atoms with E-state index in [1.54, 1.807) is 0 Å². The average molecular weight is 367 g/mol. The van der Waals surface area contributed by atoms with E-state index in [0.717, 1.165) is 9.87 Å². The summed E-state index contributed by atoms with van der Waals surface area (Å²) in [5.41, 5.74) is 1.13. The second kappa shape index (κ2) is 8.17. The molecular weight excluding hydrogens is 346 g/mol. The first-order valence-electron chi connectivity index (χ1n) is 7.65. The second-order valence-electron chi connectivity index (χ2n) is 5.58. The minimum absolute atomic E-state index is 0.0808. The zero-order chi connectivity index (χ0) is 18.4. The van der Waals surface area contributed by atoms with Gasteiger partial charge in [0, 0.05) is 14.1 Å². The van der Waals surface area contributed by atoms with E-state index in [1.165, 1.54) is 26.2 Å². The van der Waals surface area contributed by atoms with Crippen molar-refractivity contribution in [2.45, 2.75) is 25.0 Å². The van der Waals surface area contributed by atoms with Gasteiger partial charge < -0.3 is 13.9 Å². The third kappa shape index (κ3) is 5.33. The highest BCUT2D eigenvalue weighted by Gasteiger charge is 2.21. The molecule has 0 spiro atoms. The number of rotatable bonds is 8. The van der Waals surface area contributed by atoms with Gasteiger partial charge in [-0.3, -0.25) is 4.79 Å². The molecule has 0 saturated carbocycles. The molecule has 0 amide bonds. The molecule has 0 unspecified atom stereocenters. The molecule has 0 bridgehead atoms. The normalized spacial score (nSPS) is 11.5. The van der Waals surface area contributed by atoms with E-state index < -0.39 is 16.0 Å². The summed E-state index contributed by atoms with van der Waals surface area (Å²) in [6.45, 7) is 2.04. The largest absolute Gasteiger partial charge is 0.493 e. The van der Waals surface area contributed by atoms with Gasteiger partial charge in [-0.05, 0) is 31.2 Å². The van der Waals surface area contributed by atoms with Crippen LogP contribution in [0.3, 0.4) is 0 Å². The Hall–Kier alpha value is -2.32. The van der Waals surface area contributed by atoms with Crippen molar-refractivity contribution in [2.75, 3.05) is 20.7 Å². The van der Waals surface area contributed by atoms with E-state index in [9.17, 15) is 13.2 Å². The summed E-state index contributed by atoms with van der Waals surface area (Å²) >= 11 is 0. The fraction of sp³-hybridized carbons (Fsp3) is 0.353. The van der Waals surface area contributed by atoms with Crippen molar-refractivity contribution in [3.63, 3.8) is 0 Å². The predicted molar refractivity (Wildman–Crippen MR) is 90.7 cm³/mol. The highest BCUT2D eigenvalue weighted by atomic mass is 32.2. The van der Waals surface area contributed by atoms with Crippen LogP contribution in [0.4, 0.5) is 0 Å². The number of carbonyl (C=O) groups excluding carboxylic acids is 1. The molecule has 25 heavy (non-hydrogen) atoms. The summed E-state index contributed by atoms with van der Waals surface area (Å²) in [6.07, 6.45) is 0.0808. The number of aryl methyl sites for hydroxylation is 1. The summed E-state index contributed by atoms with van der Waals surface area (Å²) < 4.78 is 40.5. The van der Waals surface area contributed by atoms with Gasteiger partial charge in [-0.1, -0.05) is 17.7 Å². The summed E-state index contributed by atoms with van der Waals surface area (Å²) in [5.74, 6) is 0.483. The number of ether oxygens (including phenoxy) is 2. The first-order chi connectivity index (χ1) is 11.8. The second-order valence-corrected chi connectivity index (χ2v) is 7.66. The quantitative estimate of drug-likeness (QED) is 0.666. The van der Waals surface area contributed by atoms with Crippen molar-refractivity contribution in [1.29, 1.82) is 0 Å². The molecule has 7 nitrogen and oxygen atoms in total. The molecule has 136 valence electrons. The Bertz CT molecular complexity index is 808. The first-order valence-corrected chi connectivity index (χ1v) is 9.09. The monoisotopic (exact) mass is 367 g/mol. The number of benzene rings is 1. The average Bonchev–Trinajstić information content (AvgIpc) is 3.04. The SMILES string of the molecule is Cc1ccc(OCCC(=O)OCc2ccc(S(=O)(=O)N(C)C)o2)cc1. The number of sulfonamides is 1. The van der Waals surface area contributed by atoms with Crippen molar-refractivity contribution in [1.82, 2.24) is 4.31 Å². The number of nitrogens with zero attached hydrogens (tertiary/aromatic N) is 1. The third-order valence-electron chi connectivity index (χ3n) is 3.34. The Kier molecular flexibility index (Phi) is 6.22. The fourth-order valence-corrected chi connectivity index (χ4v) is 2.68. The van der Waals surface area contributed by atoms with Crippen molar-refractivity contribution in [2.24, 2.45) is 0 Å². The first kappa shape index (κ1) is 19.0. The molecular formula is C17H21NO6S. The molecule has 0 saturated heterocycles. The van der Waals surface area contributed by atoms with E-state index in [1.807, 2.05) is 31.2 Å². The maximum atomic E-state index is 11.9. The summed E-state index contributed by atoms with van der Waals surface area (Å²) in [4.78, 5) is 11.7. The molecule has 0 aliphatic carbocycles. The van der Waals surface area contributed by atoms with Crippen molar-refractivity contribution in [3.05, 3.63) is 47.7 Å². The molecule has 8 heteroatoms. The Labute approximate surface area is 147 Å². The fourth-order valence-electron chi connectivity index (χ4n) is 1.86. The molecule has 2 rings (SSSR count). The van der Waals surface area contributed by atoms with Gasteiger partial charge in [0.2, 0.25) is 5.09 Å². The van der Waals surface area contributed by atoms with Crippen LogP contribution < -0.4 is 4.74 Å². The number of hydrogen-bond donors (Lipinski definition) is 0. The van der Waals surface area contributed by atoms with Crippen molar-refractivity contribution in [3.8, 4) is 5.75 Å². The van der Waals surface area contributed by atoms with Gasteiger partial charge >= 0.3 is 5.97 Å². The van der Waals surface area contributed by atoms with E-state index in [0.29, 0.717) is 5.75 Å². The Morgan fingerprint density at radius 1 is 1.12 bits per heavy atom. The number of furan rings is 1. The van der Waals surface area contributed by atoms with E-state index in [2.05, 4.69) is 0 Å². The molecule has 0 aliphatic rings. The minimum atomic E-state index is -3.64. The maximum absolute atomic E-state index is 11.9. The van der Waals surface area contributed by atoms with Gasteiger partial charge in [-0.25, -0.2) is 12.7 Å². The summed E-state index contributed by atoms with van der Waals surface area (Å²) in [5, 5.41) is -0.189. The lowest BCUT2D eigenvalue weighted by atomic mass is 10.2. The van der Waals surface area contributed by atoms with Gasteiger partial charge in [0.1, 0.15) is 18.1 Å². The lowest BCUT2D eigenvalue weighted by molar-refractivity contribution is -0.146. The van der Waals surface area contributed by atoms with Crippen LogP contribution in [0.2, 0.25) is 0 Å². The molecule has 0 N–H and O–H groups in total. The van der Waals surface area contributed by atoms with Crippen LogP contribution in [-0.2, 0) is 26.2 Å². The van der Waals surface area contributed by atoms with Crippen molar-refractivity contribution >= 4 is 16.0 Å². The zero-order valence-electron chi connectivity index (χ0n) is 14.4. The minimum Gasteiger partial charge on any atom is -0.493 e. The Morgan fingerprint density at radius 2 is 1.80 bits per heavy atom. The van der Waals surface area contributed by atoms with Crippen LogP contribution in [0.5, 0.6) is 5.75 Å². The molecule has 0 aliphatic heterocycles. The topological polar surface area (TPSA) is 86.0 Å². The Balaban J connectivity index is 1.77. The Morgan fingerprint density at radius 3 is 2.44 bits per heavy atom. The highest BCUT2D eigenvalue weighted by Crippen LogP contribution is 2.17. The number of esters is 1. The molecule has 1 heterocycles. The molecule has 0 radical (unpaired) electrons. The van der Waals surface area contributed by atoms with Gasteiger partial charge in [-0.15, -0.1) is 0 Å². The lowest BCUT2D eigenvalue weighted by Gasteiger charge is -2.08. The van der Waals surface area contributed by atoms with Crippen molar-refractivity contribution < 1.29 is 27.1 Å². The van der Waals surface area contributed by atoms with E-state index in [4.69, 9.17) is 13.9 Å². The molecule has 2 aromatic rings. The van der Waals surface area contributed by atoms with Gasteiger partial charge in [0.05, 0.1) is 13.0 Å². The molecule has 1 aromatic heterocycles. The summed E-state index contributed by atoms with van der Waals surface area (Å²) in [6, 6.07) is 10.3.